The normalized spacial score (nSPS) is 13.4. The fraction of sp³-hybridized carbons (Fsp3) is 0.0833. The summed E-state index contributed by atoms with van der Waals surface area (Å²) in [7, 11) is 1.58. The Morgan fingerprint density at radius 1 is 1.00 bits per heavy atom. The van der Waals surface area contributed by atoms with Gasteiger partial charge in [-0.1, -0.05) is 42.5 Å². The maximum absolute atomic E-state index is 12.6. The van der Waals surface area contributed by atoms with Gasteiger partial charge in [0.2, 0.25) is 0 Å². The first kappa shape index (κ1) is 18.5. The highest BCUT2D eigenvalue weighted by atomic mass is 16.5. The molecule has 0 unspecified atom stereocenters. The van der Waals surface area contributed by atoms with E-state index in [9.17, 15) is 9.59 Å². The maximum atomic E-state index is 12.6. The lowest BCUT2D eigenvalue weighted by atomic mass is 10.0. The number of methoxy groups -OCH3 is 1. The van der Waals surface area contributed by atoms with Gasteiger partial charge >= 0.3 is 5.97 Å². The van der Waals surface area contributed by atoms with Gasteiger partial charge in [-0.25, -0.2) is 4.79 Å². The average Bonchev–Trinajstić information content (AvgIpc) is 3.08. The summed E-state index contributed by atoms with van der Waals surface area (Å²) in [5.74, 6) is 1.04. The van der Waals surface area contributed by atoms with E-state index >= 15 is 0 Å². The van der Waals surface area contributed by atoms with Crippen LogP contribution in [0.2, 0.25) is 0 Å². The van der Waals surface area contributed by atoms with Crippen molar-refractivity contribution in [2.24, 2.45) is 0 Å². The second kappa shape index (κ2) is 7.64. The second-order valence-corrected chi connectivity index (χ2v) is 6.54. The molecule has 1 aliphatic heterocycles. The molecule has 1 aliphatic rings. The minimum atomic E-state index is -0.447. The number of rotatable bonds is 5. The molecule has 4 rings (SSSR count). The second-order valence-electron chi connectivity index (χ2n) is 6.54. The Labute approximate surface area is 167 Å². The van der Waals surface area contributed by atoms with Gasteiger partial charge in [0.15, 0.2) is 0 Å². The fourth-order valence-electron chi connectivity index (χ4n) is 3.42. The number of carbonyl (C=O) groups is 2. The van der Waals surface area contributed by atoms with Crippen LogP contribution in [0.5, 0.6) is 17.2 Å². The van der Waals surface area contributed by atoms with Gasteiger partial charge in [-0.2, -0.15) is 0 Å². The van der Waals surface area contributed by atoms with Crippen molar-refractivity contribution < 1.29 is 23.8 Å². The first-order chi connectivity index (χ1) is 14.1. The smallest absolute Gasteiger partial charge is 0.344 e. The number of benzene rings is 3. The molecule has 5 nitrogen and oxygen atoms in total. The van der Waals surface area contributed by atoms with E-state index < -0.39 is 5.97 Å². The summed E-state index contributed by atoms with van der Waals surface area (Å²) >= 11 is 0. The molecule has 144 valence electrons. The van der Waals surface area contributed by atoms with Crippen molar-refractivity contribution in [1.29, 1.82) is 0 Å². The molecule has 1 heterocycles. The van der Waals surface area contributed by atoms with E-state index in [1.165, 1.54) is 0 Å². The molecular weight excluding hydrogens is 368 g/mol. The predicted molar refractivity (Wildman–Crippen MR) is 108 cm³/mol. The van der Waals surface area contributed by atoms with Crippen LogP contribution in [-0.4, -0.2) is 19.6 Å². The summed E-state index contributed by atoms with van der Waals surface area (Å²) < 4.78 is 16.0. The summed E-state index contributed by atoms with van der Waals surface area (Å²) in [4.78, 5) is 23.7. The van der Waals surface area contributed by atoms with Crippen molar-refractivity contribution in [3.63, 3.8) is 0 Å². The minimum Gasteiger partial charge on any atom is -0.497 e. The molecule has 3 aromatic carbocycles. The van der Waals surface area contributed by atoms with E-state index in [-0.39, 0.29) is 0 Å². The van der Waals surface area contributed by atoms with Crippen molar-refractivity contribution >= 4 is 23.6 Å². The summed E-state index contributed by atoms with van der Waals surface area (Å²) in [6.07, 6.45) is 0. The van der Waals surface area contributed by atoms with Gasteiger partial charge < -0.3 is 14.2 Å². The molecule has 3 aromatic rings. The van der Waals surface area contributed by atoms with Crippen LogP contribution in [0.25, 0.3) is 11.1 Å². The quantitative estimate of drug-likeness (QED) is 0.383. The third-order valence-electron chi connectivity index (χ3n) is 4.92. The molecule has 0 aliphatic carbocycles. The summed E-state index contributed by atoms with van der Waals surface area (Å²) in [6, 6.07) is 20.3. The molecule has 0 fully saturated rings. The Morgan fingerprint density at radius 2 is 1.72 bits per heavy atom. The Morgan fingerprint density at radius 3 is 2.38 bits per heavy atom. The van der Waals surface area contributed by atoms with Crippen LogP contribution in [0.3, 0.4) is 0 Å². The lowest BCUT2D eigenvalue weighted by molar-refractivity contribution is -0.127. The highest BCUT2D eigenvalue weighted by Gasteiger charge is 2.25. The molecule has 29 heavy (non-hydrogen) atoms. The molecular formula is C24H18O5. The lowest BCUT2D eigenvalue weighted by Crippen LogP contribution is -2.16. The van der Waals surface area contributed by atoms with Crippen molar-refractivity contribution in [3.05, 3.63) is 88.3 Å². The van der Waals surface area contributed by atoms with E-state index in [4.69, 9.17) is 14.2 Å². The van der Waals surface area contributed by atoms with Crippen LogP contribution >= 0.6 is 0 Å². The highest BCUT2D eigenvalue weighted by Crippen LogP contribution is 2.25. The minimum absolute atomic E-state index is 0.365. The SMILES string of the molecule is COc1ccc(C2=c3cc(OC=O)/c(=C(\C)c4ccccc4)cc3OC2=O)cc1. The van der Waals surface area contributed by atoms with Crippen LogP contribution in [-0.2, 0) is 9.59 Å². The van der Waals surface area contributed by atoms with Crippen LogP contribution in [0.4, 0.5) is 0 Å². The standard InChI is InChI=1S/C24H18O5/c1-15(16-6-4-3-5-7-16)19-12-22-20(13-21(19)28-14-25)23(24(26)29-22)17-8-10-18(27-2)11-9-17/h3-14H,1-2H3/b19-15+. The molecule has 0 atom stereocenters. The number of ether oxygens (including phenoxy) is 3. The third kappa shape index (κ3) is 3.38. The van der Waals surface area contributed by atoms with Gasteiger partial charge in [-0.15, -0.1) is 0 Å². The van der Waals surface area contributed by atoms with E-state index in [2.05, 4.69) is 0 Å². The Bertz CT molecular complexity index is 1210. The third-order valence-corrected chi connectivity index (χ3v) is 4.92. The van der Waals surface area contributed by atoms with Gasteiger partial charge in [0.25, 0.3) is 6.47 Å². The zero-order valence-electron chi connectivity index (χ0n) is 16.0. The molecule has 0 saturated heterocycles. The van der Waals surface area contributed by atoms with Crippen molar-refractivity contribution in [2.75, 3.05) is 7.11 Å². The van der Waals surface area contributed by atoms with Crippen LogP contribution in [0, 0.1) is 0 Å². The number of fused-ring (bicyclic) bond motifs is 1. The van der Waals surface area contributed by atoms with Gasteiger partial charge in [-0.3, -0.25) is 4.79 Å². The zero-order chi connectivity index (χ0) is 20.4. The van der Waals surface area contributed by atoms with E-state index in [0.717, 1.165) is 11.1 Å². The van der Waals surface area contributed by atoms with Gasteiger partial charge in [0.05, 0.1) is 12.7 Å². The number of hydrogen-bond acceptors (Lipinski definition) is 5. The molecule has 0 radical (unpaired) electrons. The lowest BCUT2D eigenvalue weighted by Gasteiger charge is -2.07. The Kier molecular flexibility index (Phi) is 4.87. The summed E-state index contributed by atoms with van der Waals surface area (Å²) in [5, 5.41) is 1.27. The van der Waals surface area contributed by atoms with Crippen molar-refractivity contribution in [3.8, 4) is 17.2 Å². The number of esters is 1. The number of carbonyl (C=O) groups excluding carboxylic acids is 2. The molecule has 0 bridgehead atoms. The molecule has 5 heteroatoms. The topological polar surface area (TPSA) is 61.8 Å². The van der Waals surface area contributed by atoms with Gasteiger partial charge in [0.1, 0.15) is 17.2 Å². The van der Waals surface area contributed by atoms with Gasteiger partial charge in [0, 0.05) is 10.4 Å². The first-order valence-corrected chi connectivity index (χ1v) is 9.04. The summed E-state index contributed by atoms with van der Waals surface area (Å²) in [5.41, 5.74) is 3.00. The largest absolute Gasteiger partial charge is 0.497 e. The van der Waals surface area contributed by atoms with Crippen LogP contribution in [0.15, 0.2) is 66.7 Å². The van der Waals surface area contributed by atoms with Crippen LogP contribution < -0.4 is 24.6 Å². The molecule has 0 spiro atoms. The van der Waals surface area contributed by atoms with Crippen molar-refractivity contribution in [1.82, 2.24) is 0 Å². The van der Waals surface area contributed by atoms with E-state index in [1.807, 2.05) is 37.3 Å². The fourth-order valence-corrected chi connectivity index (χ4v) is 3.42. The maximum Gasteiger partial charge on any atom is 0.344 e. The zero-order valence-corrected chi connectivity index (χ0v) is 16.0. The van der Waals surface area contributed by atoms with E-state index in [1.54, 1.807) is 43.5 Å². The highest BCUT2D eigenvalue weighted by molar-refractivity contribution is 6.19. The number of hydrogen-bond donors (Lipinski definition) is 0. The average molecular weight is 386 g/mol. The predicted octanol–water partition coefficient (Wildman–Crippen LogP) is 2.57. The Hall–Kier alpha value is -3.86. The summed E-state index contributed by atoms with van der Waals surface area (Å²) in [6.45, 7) is 2.31. The molecule has 0 saturated carbocycles. The monoisotopic (exact) mass is 386 g/mol. The van der Waals surface area contributed by atoms with Crippen molar-refractivity contribution in [2.45, 2.75) is 6.92 Å². The molecule has 0 N–H and O–H groups in total. The Balaban J connectivity index is 1.98. The first-order valence-electron chi connectivity index (χ1n) is 9.04. The van der Waals surface area contributed by atoms with Crippen LogP contribution in [0.1, 0.15) is 18.1 Å². The van der Waals surface area contributed by atoms with E-state index in [0.29, 0.717) is 45.3 Å². The van der Waals surface area contributed by atoms with Gasteiger partial charge in [-0.05, 0) is 47.9 Å². The molecule has 0 amide bonds. The molecule has 0 aromatic heterocycles.